The van der Waals surface area contributed by atoms with Crippen LogP contribution < -0.4 is 14.9 Å². The van der Waals surface area contributed by atoms with Gasteiger partial charge in [-0.1, -0.05) is 0 Å². The van der Waals surface area contributed by atoms with Crippen molar-refractivity contribution in [2.24, 2.45) is 0 Å². The fourth-order valence-corrected chi connectivity index (χ4v) is 2.14. The molecule has 0 spiro atoms. The lowest BCUT2D eigenvalue weighted by Gasteiger charge is -2.10. The van der Waals surface area contributed by atoms with Gasteiger partial charge in [-0.25, -0.2) is 0 Å². The quantitative estimate of drug-likeness (QED) is 0.851. The fraction of sp³-hybridized carbons (Fsp3) is 0.250. The summed E-state index contributed by atoms with van der Waals surface area (Å²) in [7, 11) is 3.12. The predicted molar refractivity (Wildman–Crippen MR) is 75.1 cm³/mol. The summed E-state index contributed by atoms with van der Waals surface area (Å²) in [6.07, 6.45) is 0. The number of halogens is 1. The number of hydrogen-bond donors (Lipinski definition) is 1. The Morgan fingerprint density at radius 3 is 2.35 bits per heavy atom. The van der Waals surface area contributed by atoms with E-state index in [0.29, 0.717) is 20.5 Å². The van der Waals surface area contributed by atoms with Gasteiger partial charge in [0, 0.05) is 11.8 Å². The maximum atomic E-state index is 12.1. The smallest absolute Gasteiger partial charge is 0.203 e. The monoisotopic (exact) mass is 345 g/mol. The van der Waals surface area contributed by atoms with Crippen LogP contribution in [0.5, 0.6) is 11.5 Å². The molecule has 2 rings (SSSR count). The van der Waals surface area contributed by atoms with Gasteiger partial charge in [-0.05, 0) is 35.6 Å². The van der Waals surface area contributed by atoms with Gasteiger partial charge in [-0.3, -0.25) is 4.79 Å². The van der Waals surface area contributed by atoms with E-state index in [1.54, 1.807) is 26.4 Å². The third-order valence-corrected chi connectivity index (χ3v) is 3.92. The first-order valence-electron chi connectivity index (χ1n) is 5.02. The first kappa shape index (κ1) is 12.2. The molecule has 4 nitrogen and oxygen atoms in total. The van der Waals surface area contributed by atoms with Gasteiger partial charge in [-0.2, -0.15) is 0 Å². The number of aryl methyl sites for hydroxylation is 1. The van der Waals surface area contributed by atoms with Crippen molar-refractivity contribution in [1.29, 1.82) is 0 Å². The Balaban J connectivity index is 2.88. The van der Waals surface area contributed by atoms with Crippen LogP contribution in [0.3, 0.4) is 0 Å². The molecule has 0 fully saturated rings. The molecule has 0 bridgehead atoms. The second-order valence-electron chi connectivity index (χ2n) is 3.65. The van der Waals surface area contributed by atoms with Gasteiger partial charge in [0.2, 0.25) is 5.43 Å². The van der Waals surface area contributed by atoms with Crippen LogP contribution in [0.15, 0.2) is 16.9 Å². The van der Waals surface area contributed by atoms with Crippen molar-refractivity contribution in [2.45, 2.75) is 6.92 Å². The molecule has 0 amide bonds. The maximum absolute atomic E-state index is 12.1. The highest BCUT2D eigenvalue weighted by atomic mass is 127. The number of benzene rings is 1. The lowest BCUT2D eigenvalue weighted by atomic mass is 10.1. The molecule has 1 aromatic heterocycles. The molecule has 0 aliphatic rings. The summed E-state index contributed by atoms with van der Waals surface area (Å²) in [6, 6.07) is 3.48. The number of pyridine rings is 1. The first-order valence-corrected chi connectivity index (χ1v) is 6.10. The number of nitrogens with one attached hydrogen (secondary N) is 1. The third-order valence-electron chi connectivity index (χ3n) is 2.62. The zero-order valence-electron chi connectivity index (χ0n) is 9.76. The molecule has 0 atom stereocenters. The van der Waals surface area contributed by atoms with E-state index in [2.05, 4.69) is 4.98 Å². The average molecular weight is 345 g/mol. The minimum Gasteiger partial charge on any atom is -0.493 e. The molecule has 5 heteroatoms. The van der Waals surface area contributed by atoms with Gasteiger partial charge in [0.05, 0.1) is 28.7 Å². The van der Waals surface area contributed by atoms with Crippen LogP contribution in [0.4, 0.5) is 0 Å². The van der Waals surface area contributed by atoms with Crippen LogP contribution in [0.1, 0.15) is 5.69 Å². The van der Waals surface area contributed by atoms with Crippen LogP contribution in [0.25, 0.3) is 10.9 Å². The molecule has 1 aromatic carbocycles. The normalized spacial score (nSPS) is 10.6. The van der Waals surface area contributed by atoms with E-state index in [4.69, 9.17) is 9.47 Å². The highest BCUT2D eigenvalue weighted by Crippen LogP contribution is 2.30. The number of hydrogen-bond acceptors (Lipinski definition) is 3. The molecule has 1 heterocycles. The number of methoxy groups -OCH3 is 2. The van der Waals surface area contributed by atoms with Crippen molar-refractivity contribution < 1.29 is 9.47 Å². The van der Waals surface area contributed by atoms with E-state index in [1.807, 2.05) is 29.5 Å². The summed E-state index contributed by atoms with van der Waals surface area (Å²) < 4.78 is 11.1. The van der Waals surface area contributed by atoms with Crippen LogP contribution in [0, 0.1) is 10.5 Å². The lowest BCUT2D eigenvalue weighted by molar-refractivity contribution is 0.355. The molecule has 2 aromatic rings. The van der Waals surface area contributed by atoms with Gasteiger partial charge < -0.3 is 14.5 Å². The summed E-state index contributed by atoms with van der Waals surface area (Å²) in [6.45, 7) is 1.87. The first-order chi connectivity index (χ1) is 8.08. The molecule has 0 aliphatic carbocycles. The predicted octanol–water partition coefficient (Wildman–Crippen LogP) is 2.46. The number of ether oxygens (including phenoxy) is 2. The second-order valence-corrected chi connectivity index (χ2v) is 4.72. The van der Waals surface area contributed by atoms with Crippen LogP contribution in [-0.4, -0.2) is 19.2 Å². The third kappa shape index (κ3) is 1.99. The molecule has 0 saturated heterocycles. The van der Waals surface area contributed by atoms with E-state index >= 15 is 0 Å². The van der Waals surface area contributed by atoms with Crippen LogP contribution in [0.2, 0.25) is 0 Å². The molecular formula is C12H12INO3. The highest BCUT2D eigenvalue weighted by molar-refractivity contribution is 14.1. The Morgan fingerprint density at radius 2 is 1.76 bits per heavy atom. The molecule has 1 N–H and O–H groups in total. The zero-order valence-corrected chi connectivity index (χ0v) is 11.9. The Morgan fingerprint density at radius 1 is 1.18 bits per heavy atom. The molecular weight excluding hydrogens is 333 g/mol. The standard InChI is InChI=1S/C12H12INO3/c1-6-11(13)12(15)7-4-9(16-2)10(17-3)5-8(7)14-6/h4-5H,1-3H3,(H,14,15). The Kier molecular flexibility index (Phi) is 3.28. The number of rotatable bonds is 2. The van der Waals surface area contributed by atoms with Crippen LogP contribution in [-0.2, 0) is 0 Å². The zero-order chi connectivity index (χ0) is 12.6. The van der Waals surface area contributed by atoms with Gasteiger partial charge >= 0.3 is 0 Å². The van der Waals surface area contributed by atoms with Crippen molar-refractivity contribution in [2.75, 3.05) is 14.2 Å². The minimum absolute atomic E-state index is 0.0119. The van der Waals surface area contributed by atoms with E-state index in [-0.39, 0.29) is 5.43 Å². The van der Waals surface area contributed by atoms with Crippen molar-refractivity contribution in [3.8, 4) is 11.5 Å². The van der Waals surface area contributed by atoms with Crippen molar-refractivity contribution in [1.82, 2.24) is 4.98 Å². The Hall–Kier alpha value is -1.24. The summed E-state index contributed by atoms with van der Waals surface area (Å²) in [5.41, 5.74) is 1.62. The summed E-state index contributed by atoms with van der Waals surface area (Å²) in [4.78, 5) is 15.3. The highest BCUT2D eigenvalue weighted by Gasteiger charge is 2.11. The lowest BCUT2D eigenvalue weighted by Crippen LogP contribution is -2.10. The molecule has 0 radical (unpaired) electrons. The summed E-state index contributed by atoms with van der Waals surface area (Å²) >= 11 is 2.04. The fourth-order valence-electron chi connectivity index (χ4n) is 1.72. The number of fused-ring (bicyclic) bond motifs is 1. The SMILES string of the molecule is COc1cc2[nH]c(C)c(I)c(=O)c2cc1OC. The van der Waals surface area contributed by atoms with E-state index in [9.17, 15) is 4.79 Å². The van der Waals surface area contributed by atoms with Crippen molar-refractivity contribution in [3.63, 3.8) is 0 Å². The second kappa shape index (κ2) is 4.56. The van der Waals surface area contributed by atoms with Crippen molar-refractivity contribution in [3.05, 3.63) is 31.6 Å². The minimum atomic E-state index is 0.0119. The van der Waals surface area contributed by atoms with E-state index < -0.39 is 0 Å². The largest absolute Gasteiger partial charge is 0.493 e. The number of aromatic nitrogens is 1. The van der Waals surface area contributed by atoms with Gasteiger partial charge in [0.25, 0.3) is 0 Å². The van der Waals surface area contributed by atoms with Gasteiger partial charge in [0.1, 0.15) is 0 Å². The topological polar surface area (TPSA) is 51.3 Å². The Bertz CT molecular complexity index is 634. The molecule has 0 unspecified atom stereocenters. The molecule has 0 aliphatic heterocycles. The number of aromatic amines is 1. The average Bonchev–Trinajstić information content (AvgIpc) is 2.34. The summed E-state index contributed by atoms with van der Waals surface area (Å²) in [5, 5.41) is 0.609. The Labute approximate surface area is 112 Å². The van der Waals surface area contributed by atoms with Gasteiger partial charge in [0.15, 0.2) is 11.5 Å². The molecule has 0 saturated carbocycles. The van der Waals surface area contributed by atoms with Crippen LogP contribution >= 0.6 is 22.6 Å². The van der Waals surface area contributed by atoms with E-state index in [1.165, 1.54) is 0 Å². The summed E-state index contributed by atoms with van der Waals surface area (Å²) in [5.74, 6) is 1.17. The molecule has 17 heavy (non-hydrogen) atoms. The number of H-pyrrole nitrogens is 1. The van der Waals surface area contributed by atoms with Crippen molar-refractivity contribution >= 4 is 33.5 Å². The molecule has 90 valence electrons. The maximum Gasteiger partial charge on any atom is 0.203 e. The van der Waals surface area contributed by atoms with E-state index in [0.717, 1.165) is 11.2 Å². The van der Waals surface area contributed by atoms with Gasteiger partial charge in [-0.15, -0.1) is 0 Å².